The molecule has 1 atom stereocenters. The fourth-order valence-electron chi connectivity index (χ4n) is 2.51. The first-order valence-electron chi connectivity index (χ1n) is 7.37. The van der Waals surface area contributed by atoms with Crippen molar-refractivity contribution in [2.75, 3.05) is 0 Å². The summed E-state index contributed by atoms with van der Waals surface area (Å²) in [6.45, 7) is 8.50. The summed E-state index contributed by atoms with van der Waals surface area (Å²) < 4.78 is 0. The second-order valence-electron chi connectivity index (χ2n) is 6.87. The van der Waals surface area contributed by atoms with E-state index in [1.54, 1.807) is 0 Å². The van der Waals surface area contributed by atoms with E-state index in [4.69, 9.17) is 5.73 Å². The predicted molar refractivity (Wildman–Crippen MR) is 76.2 cm³/mol. The summed E-state index contributed by atoms with van der Waals surface area (Å²) in [6.07, 6.45) is 6.50. The molecule has 3 nitrogen and oxygen atoms in total. The van der Waals surface area contributed by atoms with Crippen LogP contribution in [0.25, 0.3) is 0 Å². The van der Waals surface area contributed by atoms with E-state index >= 15 is 0 Å². The molecule has 1 amide bonds. The summed E-state index contributed by atoms with van der Waals surface area (Å²) in [5, 5.41) is 3.15. The molecule has 0 radical (unpaired) electrons. The molecule has 0 aromatic carbocycles. The number of amides is 1. The second-order valence-corrected chi connectivity index (χ2v) is 6.87. The van der Waals surface area contributed by atoms with E-state index in [0.29, 0.717) is 12.5 Å². The summed E-state index contributed by atoms with van der Waals surface area (Å²) in [5.41, 5.74) is 6.04. The van der Waals surface area contributed by atoms with E-state index in [0.717, 1.165) is 18.8 Å². The highest BCUT2D eigenvalue weighted by molar-refractivity contribution is 5.77. The number of carbonyl (C=O) groups excluding carboxylic acids is 1. The van der Waals surface area contributed by atoms with Crippen LogP contribution in [-0.2, 0) is 4.79 Å². The fourth-order valence-corrected chi connectivity index (χ4v) is 2.51. The monoisotopic (exact) mass is 254 g/mol. The van der Waals surface area contributed by atoms with Crippen LogP contribution in [-0.4, -0.2) is 18.0 Å². The summed E-state index contributed by atoms with van der Waals surface area (Å²) in [6, 6.07) is 0.317. The van der Waals surface area contributed by atoms with Crippen LogP contribution in [0.4, 0.5) is 0 Å². The van der Waals surface area contributed by atoms with Crippen molar-refractivity contribution in [2.24, 2.45) is 17.1 Å². The zero-order chi connectivity index (χ0) is 13.8. The lowest BCUT2D eigenvalue weighted by Crippen LogP contribution is -2.43. The van der Waals surface area contributed by atoms with Gasteiger partial charge in [-0.1, -0.05) is 34.1 Å². The standard InChI is InChI=1S/C15H30N2O/c1-5-11-6-8-12(9-7-11)17-14(18)10-13(16)15(2,3)4/h11-13H,5-10,16H2,1-4H3,(H,17,18). The number of nitrogens with two attached hydrogens (primary N) is 1. The Morgan fingerprint density at radius 2 is 1.83 bits per heavy atom. The topological polar surface area (TPSA) is 55.1 Å². The second kappa shape index (κ2) is 6.55. The van der Waals surface area contributed by atoms with Crippen LogP contribution < -0.4 is 11.1 Å². The molecule has 0 aliphatic heterocycles. The summed E-state index contributed by atoms with van der Waals surface area (Å²) in [7, 11) is 0. The van der Waals surface area contributed by atoms with Crippen LogP contribution >= 0.6 is 0 Å². The van der Waals surface area contributed by atoms with E-state index in [9.17, 15) is 4.79 Å². The van der Waals surface area contributed by atoms with Gasteiger partial charge in [0.1, 0.15) is 0 Å². The molecule has 0 spiro atoms. The average Bonchev–Trinajstić information content (AvgIpc) is 2.28. The van der Waals surface area contributed by atoms with Crippen molar-refractivity contribution in [3.63, 3.8) is 0 Å². The largest absolute Gasteiger partial charge is 0.353 e. The molecule has 0 bridgehead atoms. The summed E-state index contributed by atoms with van der Waals surface area (Å²) in [5.74, 6) is 0.993. The maximum absolute atomic E-state index is 11.9. The summed E-state index contributed by atoms with van der Waals surface area (Å²) >= 11 is 0. The van der Waals surface area contributed by atoms with Gasteiger partial charge < -0.3 is 11.1 Å². The van der Waals surface area contributed by atoms with Gasteiger partial charge >= 0.3 is 0 Å². The van der Waals surface area contributed by atoms with Gasteiger partial charge in [-0.05, 0) is 37.0 Å². The molecule has 106 valence electrons. The molecule has 1 aliphatic carbocycles. The zero-order valence-electron chi connectivity index (χ0n) is 12.5. The zero-order valence-corrected chi connectivity index (χ0v) is 12.5. The number of rotatable bonds is 4. The Kier molecular flexibility index (Phi) is 5.64. The van der Waals surface area contributed by atoms with E-state index in [-0.39, 0.29) is 17.4 Å². The molecule has 3 heteroatoms. The van der Waals surface area contributed by atoms with Crippen LogP contribution in [0.1, 0.15) is 66.2 Å². The molecule has 0 aromatic rings. The van der Waals surface area contributed by atoms with Crippen LogP contribution in [0.2, 0.25) is 0 Å². The third-order valence-corrected chi connectivity index (χ3v) is 4.31. The molecule has 1 saturated carbocycles. The number of carbonyl (C=O) groups is 1. The SMILES string of the molecule is CCC1CCC(NC(=O)CC(N)C(C)(C)C)CC1. The van der Waals surface area contributed by atoms with Gasteiger partial charge in [0.25, 0.3) is 0 Å². The third kappa shape index (κ3) is 4.97. The molecule has 0 saturated heterocycles. The van der Waals surface area contributed by atoms with E-state index < -0.39 is 0 Å². The van der Waals surface area contributed by atoms with Crippen LogP contribution in [0.3, 0.4) is 0 Å². The van der Waals surface area contributed by atoms with Crippen molar-refractivity contribution in [1.29, 1.82) is 0 Å². The first-order valence-corrected chi connectivity index (χ1v) is 7.37. The Balaban J connectivity index is 2.29. The van der Waals surface area contributed by atoms with E-state index in [1.165, 1.54) is 19.3 Å². The van der Waals surface area contributed by atoms with Crippen LogP contribution in [0.5, 0.6) is 0 Å². The van der Waals surface area contributed by atoms with Gasteiger partial charge in [0.2, 0.25) is 5.91 Å². The highest BCUT2D eigenvalue weighted by Crippen LogP contribution is 2.26. The number of nitrogens with one attached hydrogen (secondary N) is 1. The highest BCUT2D eigenvalue weighted by atomic mass is 16.1. The lowest BCUT2D eigenvalue weighted by Gasteiger charge is -2.30. The molecule has 0 aromatic heterocycles. The lowest BCUT2D eigenvalue weighted by molar-refractivity contribution is -0.122. The first kappa shape index (κ1) is 15.5. The molecule has 18 heavy (non-hydrogen) atoms. The van der Waals surface area contributed by atoms with Crippen LogP contribution in [0.15, 0.2) is 0 Å². The Bertz CT molecular complexity index is 262. The quantitative estimate of drug-likeness (QED) is 0.810. The number of hydrogen-bond acceptors (Lipinski definition) is 2. The Morgan fingerprint density at radius 3 is 2.28 bits per heavy atom. The van der Waals surface area contributed by atoms with Crippen molar-refractivity contribution in [1.82, 2.24) is 5.32 Å². The van der Waals surface area contributed by atoms with Gasteiger partial charge in [0.05, 0.1) is 0 Å². The molecule has 1 aliphatic rings. The minimum absolute atomic E-state index is 0.00277. The third-order valence-electron chi connectivity index (χ3n) is 4.31. The first-order chi connectivity index (χ1) is 8.32. The molecule has 1 unspecified atom stereocenters. The van der Waals surface area contributed by atoms with Gasteiger partial charge in [-0.3, -0.25) is 4.79 Å². The molecule has 0 heterocycles. The normalized spacial score (nSPS) is 26.7. The van der Waals surface area contributed by atoms with Crippen molar-refractivity contribution in [3.8, 4) is 0 Å². The van der Waals surface area contributed by atoms with Gasteiger partial charge in [-0.15, -0.1) is 0 Å². The minimum Gasteiger partial charge on any atom is -0.353 e. The van der Waals surface area contributed by atoms with Gasteiger partial charge in [0.15, 0.2) is 0 Å². The predicted octanol–water partition coefficient (Wildman–Crippen LogP) is 2.83. The smallest absolute Gasteiger partial charge is 0.221 e. The van der Waals surface area contributed by atoms with E-state index in [1.807, 2.05) is 0 Å². The Morgan fingerprint density at radius 1 is 1.28 bits per heavy atom. The maximum Gasteiger partial charge on any atom is 0.221 e. The van der Waals surface area contributed by atoms with Gasteiger partial charge in [-0.2, -0.15) is 0 Å². The average molecular weight is 254 g/mol. The van der Waals surface area contributed by atoms with Gasteiger partial charge in [-0.25, -0.2) is 0 Å². The Hall–Kier alpha value is -0.570. The molecular formula is C15H30N2O. The number of hydrogen-bond donors (Lipinski definition) is 2. The van der Waals surface area contributed by atoms with Crippen molar-refractivity contribution in [3.05, 3.63) is 0 Å². The molecule has 1 fully saturated rings. The molecule has 1 rings (SSSR count). The van der Waals surface area contributed by atoms with Crippen molar-refractivity contribution >= 4 is 5.91 Å². The minimum atomic E-state index is -0.0653. The van der Waals surface area contributed by atoms with Crippen molar-refractivity contribution in [2.45, 2.75) is 78.3 Å². The van der Waals surface area contributed by atoms with Crippen LogP contribution in [0, 0.1) is 11.3 Å². The maximum atomic E-state index is 11.9. The molecule has 3 N–H and O–H groups in total. The summed E-state index contributed by atoms with van der Waals surface area (Å²) in [4.78, 5) is 11.9. The fraction of sp³-hybridized carbons (Fsp3) is 0.933. The molecular weight excluding hydrogens is 224 g/mol. The highest BCUT2D eigenvalue weighted by Gasteiger charge is 2.25. The van der Waals surface area contributed by atoms with Gasteiger partial charge in [0, 0.05) is 18.5 Å². The van der Waals surface area contributed by atoms with E-state index in [2.05, 4.69) is 33.0 Å². The lowest BCUT2D eigenvalue weighted by atomic mass is 9.83. The Labute approximate surface area is 112 Å². The van der Waals surface area contributed by atoms with Crippen molar-refractivity contribution < 1.29 is 4.79 Å².